The lowest BCUT2D eigenvalue weighted by Gasteiger charge is -2.39. The number of carbonyl (C=O) groups is 1. The van der Waals surface area contributed by atoms with Gasteiger partial charge in [-0.2, -0.15) is 0 Å². The van der Waals surface area contributed by atoms with Crippen LogP contribution < -0.4 is 10.6 Å². The van der Waals surface area contributed by atoms with Crippen molar-refractivity contribution in [3.05, 3.63) is 0 Å². The number of amides is 1. The molecule has 7 heteroatoms. The summed E-state index contributed by atoms with van der Waals surface area (Å²) in [7, 11) is 3.54. The Balaban J connectivity index is 2.50. The first-order valence-electron chi connectivity index (χ1n) is 8.42. The SMILES string of the molecule is CCNC(=NCC(C)(C)N1CCOCC1)NCCC(=O)N(C)C. The van der Waals surface area contributed by atoms with Crippen LogP contribution in [0.1, 0.15) is 27.2 Å². The quantitative estimate of drug-likeness (QED) is 0.514. The van der Waals surface area contributed by atoms with Gasteiger partial charge in [-0.1, -0.05) is 0 Å². The van der Waals surface area contributed by atoms with E-state index in [1.165, 1.54) is 0 Å². The molecule has 0 aromatic carbocycles. The summed E-state index contributed by atoms with van der Waals surface area (Å²) in [5.41, 5.74) is -0.00835. The zero-order chi connectivity index (χ0) is 17.3. The van der Waals surface area contributed by atoms with E-state index in [4.69, 9.17) is 4.74 Å². The molecule has 0 aliphatic carbocycles. The lowest BCUT2D eigenvalue weighted by molar-refractivity contribution is -0.128. The highest BCUT2D eigenvalue weighted by molar-refractivity contribution is 5.81. The van der Waals surface area contributed by atoms with Crippen molar-refractivity contribution in [3.63, 3.8) is 0 Å². The van der Waals surface area contributed by atoms with Crippen LogP contribution in [-0.2, 0) is 9.53 Å². The number of hydrogen-bond donors (Lipinski definition) is 2. The first kappa shape index (κ1) is 19.7. The largest absolute Gasteiger partial charge is 0.379 e. The number of hydrogen-bond acceptors (Lipinski definition) is 4. The van der Waals surface area contributed by atoms with Gasteiger partial charge in [-0.3, -0.25) is 14.7 Å². The molecule has 1 amide bonds. The molecular formula is C16H33N5O2. The van der Waals surface area contributed by atoms with Gasteiger partial charge in [0.25, 0.3) is 0 Å². The predicted octanol–water partition coefficient (Wildman–Crippen LogP) is 0.131. The van der Waals surface area contributed by atoms with E-state index in [1.807, 2.05) is 6.92 Å². The number of morpholine rings is 1. The summed E-state index contributed by atoms with van der Waals surface area (Å²) in [6.45, 7) is 12.0. The molecule has 1 aliphatic heterocycles. The molecule has 23 heavy (non-hydrogen) atoms. The van der Waals surface area contributed by atoms with Crippen LogP contribution in [0, 0.1) is 0 Å². The van der Waals surface area contributed by atoms with Gasteiger partial charge in [-0.15, -0.1) is 0 Å². The van der Waals surface area contributed by atoms with Crippen LogP contribution in [0.3, 0.4) is 0 Å². The molecule has 0 spiro atoms. The molecule has 0 aromatic rings. The second kappa shape index (κ2) is 9.72. The third kappa shape index (κ3) is 7.18. The Labute approximate surface area is 140 Å². The van der Waals surface area contributed by atoms with Gasteiger partial charge < -0.3 is 20.3 Å². The second-order valence-electron chi connectivity index (χ2n) is 6.57. The Kier molecular flexibility index (Phi) is 8.33. The summed E-state index contributed by atoms with van der Waals surface area (Å²) in [5.74, 6) is 0.877. The number of carbonyl (C=O) groups excluding carboxylic acids is 1. The molecular weight excluding hydrogens is 294 g/mol. The van der Waals surface area contributed by atoms with E-state index in [0.29, 0.717) is 19.5 Å². The van der Waals surface area contributed by atoms with Gasteiger partial charge in [0.05, 0.1) is 19.8 Å². The van der Waals surface area contributed by atoms with E-state index in [2.05, 4.69) is 34.4 Å². The Hall–Kier alpha value is -1.34. The van der Waals surface area contributed by atoms with Gasteiger partial charge in [-0.05, 0) is 20.8 Å². The van der Waals surface area contributed by atoms with Gasteiger partial charge in [-0.25, -0.2) is 0 Å². The zero-order valence-corrected chi connectivity index (χ0v) is 15.3. The fourth-order valence-electron chi connectivity index (χ4n) is 2.39. The highest BCUT2D eigenvalue weighted by atomic mass is 16.5. The van der Waals surface area contributed by atoms with Crippen molar-refractivity contribution in [3.8, 4) is 0 Å². The van der Waals surface area contributed by atoms with Crippen molar-refractivity contribution in [1.82, 2.24) is 20.4 Å². The van der Waals surface area contributed by atoms with Crippen LogP contribution in [0.15, 0.2) is 4.99 Å². The number of nitrogens with zero attached hydrogens (tertiary/aromatic N) is 3. The van der Waals surface area contributed by atoms with Crippen molar-refractivity contribution in [1.29, 1.82) is 0 Å². The molecule has 1 heterocycles. The lowest BCUT2D eigenvalue weighted by atomic mass is 10.0. The van der Waals surface area contributed by atoms with Crippen molar-refractivity contribution in [2.24, 2.45) is 4.99 Å². The van der Waals surface area contributed by atoms with Crippen molar-refractivity contribution >= 4 is 11.9 Å². The smallest absolute Gasteiger partial charge is 0.223 e. The number of ether oxygens (including phenoxy) is 1. The van der Waals surface area contributed by atoms with E-state index in [-0.39, 0.29) is 11.4 Å². The van der Waals surface area contributed by atoms with Crippen LogP contribution in [0.5, 0.6) is 0 Å². The van der Waals surface area contributed by atoms with Crippen molar-refractivity contribution < 1.29 is 9.53 Å². The summed E-state index contributed by atoms with van der Waals surface area (Å²) in [4.78, 5) is 20.3. The molecule has 1 rings (SSSR count). The molecule has 1 fully saturated rings. The monoisotopic (exact) mass is 327 g/mol. The highest BCUT2D eigenvalue weighted by Crippen LogP contribution is 2.16. The average Bonchev–Trinajstić information content (AvgIpc) is 2.53. The number of nitrogens with one attached hydrogen (secondary N) is 2. The topological polar surface area (TPSA) is 69.2 Å². The lowest BCUT2D eigenvalue weighted by Crippen LogP contribution is -2.52. The summed E-state index contributed by atoms with van der Waals surface area (Å²) in [6, 6.07) is 0. The highest BCUT2D eigenvalue weighted by Gasteiger charge is 2.28. The van der Waals surface area contributed by atoms with Gasteiger partial charge in [0, 0.05) is 52.2 Å². The molecule has 0 radical (unpaired) electrons. The summed E-state index contributed by atoms with van der Waals surface area (Å²) in [6.07, 6.45) is 0.463. The van der Waals surface area contributed by atoms with E-state index >= 15 is 0 Å². The average molecular weight is 327 g/mol. The molecule has 0 unspecified atom stereocenters. The maximum Gasteiger partial charge on any atom is 0.223 e. The summed E-state index contributed by atoms with van der Waals surface area (Å²) >= 11 is 0. The van der Waals surface area contributed by atoms with E-state index in [0.717, 1.165) is 38.8 Å². The molecule has 0 bridgehead atoms. The minimum Gasteiger partial charge on any atom is -0.379 e. The minimum atomic E-state index is -0.00835. The fraction of sp³-hybridized carbons (Fsp3) is 0.875. The van der Waals surface area contributed by atoms with Gasteiger partial charge in [0.15, 0.2) is 5.96 Å². The Morgan fingerprint density at radius 1 is 1.26 bits per heavy atom. The fourth-order valence-corrected chi connectivity index (χ4v) is 2.39. The molecule has 2 N–H and O–H groups in total. The van der Waals surface area contributed by atoms with E-state index in [9.17, 15) is 4.79 Å². The van der Waals surface area contributed by atoms with Gasteiger partial charge in [0.2, 0.25) is 5.91 Å². The van der Waals surface area contributed by atoms with Crippen molar-refractivity contribution in [2.75, 3.05) is 60.0 Å². The van der Waals surface area contributed by atoms with Crippen LogP contribution in [0.25, 0.3) is 0 Å². The van der Waals surface area contributed by atoms with E-state index < -0.39 is 0 Å². The number of aliphatic imine (C=N–C) groups is 1. The summed E-state index contributed by atoms with van der Waals surface area (Å²) in [5, 5.41) is 6.46. The second-order valence-corrected chi connectivity index (χ2v) is 6.57. The van der Waals surface area contributed by atoms with Crippen LogP contribution in [-0.4, -0.2) is 87.2 Å². The third-order valence-electron chi connectivity index (χ3n) is 3.97. The summed E-state index contributed by atoms with van der Waals surface area (Å²) < 4.78 is 5.42. The Morgan fingerprint density at radius 3 is 2.48 bits per heavy atom. The van der Waals surface area contributed by atoms with E-state index in [1.54, 1.807) is 19.0 Å². The maximum atomic E-state index is 11.6. The van der Waals surface area contributed by atoms with Gasteiger partial charge >= 0.3 is 0 Å². The molecule has 0 aromatic heterocycles. The van der Waals surface area contributed by atoms with Crippen LogP contribution >= 0.6 is 0 Å². The molecule has 134 valence electrons. The normalized spacial score (nSPS) is 17.0. The zero-order valence-electron chi connectivity index (χ0n) is 15.3. The van der Waals surface area contributed by atoms with Crippen LogP contribution in [0.4, 0.5) is 0 Å². The maximum absolute atomic E-state index is 11.6. The van der Waals surface area contributed by atoms with Crippen LogP contribution in [0.2, 0.25) is 0 Å². The Morgan fingerprint density at radius 2 is 1.91 bits per heavy atom. The molecule has 0 atom stereocenters. The van der Waals surface area contributed by atoms with Crippen molar-refractivity contribution in [2.45, 2.75) is 32.7 Å². The molecule has 1 aliphatic rings. The first-order chi connectivity index (χ1) is 10.9. The molecule has 1 saturated heterocycles. The Bertz CT molecular complexity index is 390. The standard InChI is InChI=1S/C16H33N5O2/c1-6-17-15(18-8-7-14(22)20(4)5)19-13-16(2,3)21-9-11-23-12-10-21/h6-13H2,1-5H3,(H2,17,18,19). The minimum absolute atomic E-state index is 0.00835. The number of guanidine groups is 1. The molecule has 7 nitrogen and oxygen atoms in total. The third-order valence-corrected chi connectivity index (χ3v) is 3.97. The molecule has 0 saturated carbocycles. The first-order valence-corrected chi connectivity index (χ1v) is 8.42. The van der Waals surface area contributed by atoms with Gasteiger partial charge in [0.1, 0.15) is 0 Å². The predicted molar refractivity (Wildman–Crippen MR) is 93.8 cm³/mol. The number of rotatable bonds is 7.